The van der Waals surface area contributed by atoms with Crippen molar-refractivity contribution < 1.29 is 55.3 Å². The summed E-state index contributed by atoms with van der Waals surface area (Å²) in [4.78, 5) is 0. The van der Waals surface area contributed by atoms with Gasteiger partial charge >= 0.3 is 0 Å². The third kappa shape index (κ3) is 4.69. The third-order valence-corrected chi connectivity index (χ3v) is 4.52. The summed E-state index contributed by atoms with van der Waals surface area (Å²) in [5.74, 6) is 0. The molecule has 0 spiro atoms. The summed E-state index contributed by atoms with van der Waals surface area (Å²) in [6.07, 6.45) is -12.2. The molecule has 2 aliphatic rings. The van der Waals surface area contributed by atoms with E-state index in [0.29, 0.717) is 13.0 Å². The molecule has 1 unspecified atom stereocenters. The molecule has 0 aromatic heterocycles. The molecule has 11 nitrogen and oxygen atoms in total. The summed E-state index contributed by atoms with van der Waals surface area (Å²) in [5.41, 5.74) is 3.67. The van der Waals surface area contributed by atoms with Crippen LogP contribution in [-0.2, 0) is 18.9 Å². The van der Waals surface area contributed by atoms with E-state index < -0.39 is 68.0 Å². The topological polar surface area (TPSA) is 186 Å². The lowest BCUT2D eigenvalue weighted by Crippen LogP contribution is -2.61. The summed E-state index contributed by atoms with van der Waals surface area (Å²) >= 11 is 0. The van der Waals surface area contributed by atoms with Gasteiger partial charge in [-0.25, -0.2) is 0 Å². The SMILES string of the molecule is CC(O)[C@H]1O[C@@H](O[C@@H]2[C@H](O)[C@H](OCCC[NH3+])O[C@H](CO)[C@H]2O)[C@@H](O)[C@@H]1O. The molecule has 0 amide bonds. The summed E-state index contributed by atoms with van der Waals surface area (Å²) in [5, 5.41) is 59.6. The Balaban J connectivity index is 2.07. The lowest BCUT2D eigenvalue weighted by Gasteiger charge is -2.42. The Kier molecular flexibility index (Phi) is 8.12. The van der Waals surface area contributed by atoms with Crippen LogP contribution in [0.4, 0.5) is 0 Å². The van der Waals surface area contributed by atoms with E-state index in [0.717, 1.165) is 0 Å². The zero-order chi connectivity index (χ0) is 19.4. The highest BCUT2D eigenvalue weighted by atomic mass is 16.7. The highest BCUT2D eigenvalue weighted by Gasteiger charge is 2.51. The molecule has 9 N–H and O–H groups in total. The lowest BCUT2D eigenvalue weighted by molar-refractivity contribution is -0.372. The summed E-state index contributed by atoms with van der Waals surface area (Å²) in [6, 6.07) is 0. The van der Waals surface area contributed by atoms with Gasteiger partial charge in [0.25, 0.3) is 0 Å². The van der Waals surface area contributed by atoms with Crippen LogP contribution in [-0.4, -0.2) is 112 Å². The Morgan fingerprint density at radius 2 is 1.69 bits per heavy atom. The maximum Gasteiger partial charge on any atom is 0.187 e. The number of quaternary nitrogens is 1. The summed E-state index contributed by atoms with van der Waals surface area (Å²) < 4.78 is 21.5. The second-order valence-electron chi connectivity index (χ2n) is 6.58. The summed E-state index contributed by atoms with van der Waals surface area (Å²) in [7, 11) is 0. The van der Waals surface area contributed by atoms with E-state index in [-0.39, 0.29) is 6.61 Å². The van der Waals surface area contributed by atoms with Gasteiger partial charge in [0.1, 0.15) is 42.7 Å². The average molecular weight is 384 g/mol. The van der Waals surface area contributed by atoms with Crippen LogP contribution in [0, 0.1) is 0 Å². The average Bonchev–Trinajstić information content (AvgIpc) is 2.89. The van der Waals surface area contributed by atoms with Crippen molar-refractivity contribution in [2.75, 3.05) is 19.8 Å². The molecule has 2 saturated heterocycles. The molecule has 11 heteroatoms. The number of aliphatic hydroxyl groups is 6. The van der Waals surface area contributed by atoms with Crippen molar-refractivity contribution in [2.24, 2.45) is 0 Å². The largest absolute Gasteiger partial charge is 0.394 e. The van der Waals surface area contributed by atoms with Crippen molar-refractivity contribution in [2.45, 2.75) is 74.8 Å². The van der Waals surface area contributed by atoms with Gasteiger partial charge in [0, 0.05) is 6.42 Å². The standard InChI is InChI=1S/C15H29NO10/c1-6(18)12-9(20)10(21)15(25-12)26-13-8(19)7(5-17)24-14(11(13)22)23-4-2-3-16/h6-15,17-22H,2-5,16H2,1H3/p+1/t6?,7-,8-,9+,10+,11+,12-,13+,14-,15+/m1/s1. The van der Waals surface area contributed by atoms with Gasteiger partial charge < -0.3 is 55.3 Å². The first kappa shape index (κ1) is 21.9. The predicted octanol–water partition coefficient (Wildman–Crippen LogP) is -4.71. The van der Waals surface area contributed by atoms with Gasteiger partial charge in [-0.3, -0.25) is 0 Å². The van der Waals surface area contributed by atoms with Gasteiger partial charge in [0.15, 0.2) is 12.6 Å². The van der Waals surface area contributed by atoms with Gasteiger partial charge in [-0.1, -0.05) is 0 Å². The van der Waals surface area contributed by atoms with Gasteiger partial charge in [0.05, 0.1) is 25.9 Å². The van der Waals surface area contributed by atoms with Crippen molar-refractivity contribution in [3.63, 3.8) is 0 Å². The van der Waals surface area contributed by atoms with E-state index >= 15 is 0 Å². The molecular formula is C15H30NO10+. The van der Waals surface area contributed by atoms with Crippen LogP contribution in [0.15, 0.2) is 0 Å². The monoisotopic (exact) mass is 384 g/mol. The molecule has 2 heterocycles. The minimum atomic E-state index is -1.49. The Labute approximate surface area is 150 Å². The molecule has 2 rings (SSSR count). The van der Waals surface area contributed by atoms with E-state index in [4.69, 9.17) is 18.9 Å². The van der Waals surface area contributed by atoms with Crippen LogP contribution >= 0.6 is 0 Å². The van der Waals surface area contributed by atoms with Crippen LogP contribution < -0.4 is 5.73 Å². The first-order valence-electron chi connectivity index (χ1n) is 8.70. The maximum absolute atomic E-state index is 10.4. The van der Waals surface area contributed by atoms with Crippen molar-refractivity contribution >= 4 is 0 Å². The number of rotatable bonds is 8. The second-order valence-corrected chi connectivity index (χ2v) is 6.58. The zero-order valence-corrected chi connectivity index (χ0v) is 14.6. The molecule has 2 aliphatic heterocycles. The fourth-order valence-corrected chi connectivity index (χ4v) is 2.99. The molecular weight excluding hydrogens is 354 g/mol. The molecule has 0 radical (unpaired) electrons. The Morgan fingerprint density at radius 3 is 2.23 bits per heavy atom. The van der Waals surface area contributed by atoms with Gasteiger partial charge in [-0.15, -0.1) is 0 Å². The molecule has 0 saturated carbocycles. The van der Waals surface area contributed by atoms with Gasteiger partial charge in [0.2, 0.25) is 0 Å². The van der Waals surface area contributed by atoms with E-state index in [1.165, 1.54) is 6.92 Å². The second kappa shape index (κ2) is 9.66. The molecule has 0 bridgehead atoms. The van der Waals surface area contributed by atoms with Crippen LogP contribution in [0.2, 0.25) is 0 Å². The molecule has 10 atom stereocenters. The molecule has 26 heavy (non-hydrogen) atoms. The Morgan fingerprint density at radius 1 is 1.00 bits per heavy atom. The third-order valence-electron chi connectivity index (χ3n) is 4.52. The van der Waals surface area contributed by atoms with Crippen molar-refractivity contribution in [1.82, 2.24) is 0 Å². The van der Waals surface area contributed by atoms with Crippen LogP contribution in [0.3, 0.4) is 0 Å². The molecule has 0 aromatic rings. The highest BCUT2D eigenvalue weighted by molar-refractivity contribution is 4.94. The van der Waals surface area contributed by atoms with Crippen LogP contribution in [0.25, 0.3) is 0 Å². The molecule has 154 valence electrons. The van der Waals surface area contributed by atoms with E-state index in [1.54, 1.807) is 0 Å². The Bertz CT molecular complexity index is 427. The lowest BCUT2D eigenvalue weighted by atomic mass is 9.98. The van der Waals surface area contributed by atoms with Crippen molar-refractivity contribution in [1.29, 1.82) is 0 Å². The minimum absolute atomic E-state index is 0.248. The van der Waals surface area contributed by atoms with Crippen molar-refractivity contribution in [3.8, 4) is 0 Å². The van der Waals surface area contributed by atoms with Crippen LogP contribution in [0.5, 0.6) is 0 Å². The number of hydrogen-bond donors (Lipinski definition) is 7. The Hall–Kier alpha value is -0.440. The zero-order valence-electron chi connectivity index (χ0n) is 14.6. The number of hydrogen-bond acceptors (Lipinski definition) is 10. The molecule has 0 aromatic carbocycles. The fraction of sp³-hybridized carbons (Fsp3) is 1.00. The van der Waals surface area contributed by atoms with Gasteiger partial charge in [-0.2, -0.15) is 0 Å². The predicted molar refractivity (Wildman–Crippen MR) is 83.3 cm³/mol. The summed E-state index contributed by atoms with van der Waals surface area (Å²) in [6.45, 7) is 1.71. The minimum Gasteiger partial charge on any atom is -0.394 e. The smallest absolute Gasteiger partial charge is 0.187 e. The van der Waals surface area contributed by atoms with E-state index in [2.05, 4.69) is 5.73 Å². The molecule has 2 fully saturated rings. The van der Waals surface area contributed by atoms with E-state index in [1.807, 2.05) is 0 Å². The van der Waals surface area contributed by atoms with Crippen molar-refractivity contribution in [3.05, 3.63) is 0 Å². The number of aliphatic hydroxyl groups excluding tert-OH is 6. The first-order valence-corrected chi connectivity index (χ1v) is 8.70. The normalized spacial score (nSPS) is 45.0. The number of ether oxygens (including phenoxy) is 4. The molecule has 0 aliphatic carbocycles. The highest BCUT2D eigenvalue weighted by Crippen LogP contribution is 2.30. The van der Waals surface area contributed by atoms with E-state index in [9.17, 15) is 30.6 Å². The maximum atomic E-state index is 10.4. The van der Waals surface area contributed by atoms with Crippen LogP contribution in [0.1, 0.15) is 13.3 Å². The van der Waals surface area contributed by atoms with Gasteiger partial charge in [-0.05, 0) is 6.92 Å². The first-order chi connectivity index (χ1) is 12.3. The fourth-order valence-electron chi connectivity index (χ4n) is 2.99. The quantitative estimate of drug-likeness (QED) is 0.200.